The second-order valence-corrected chi connectivity index (χ2v) is 11.4. The van der Waals surface area contributed by atoms with Crippen LogP contribution in [0.15, 0.2) is 78.2 Å². The fourth-order valence-corrected chi connectivity index (χ4v) is 6.15. The van der Waals surface area contributed by atoms with Crippen molar-refractivity contribution in [1.82, 2.24) is 4.98 Å². The van der Waals surface area contributed by atoms with E-state index in [9.17, 15) is 23.9 Å². The number of aromatic carboxylic acids is 1. The number of carboxylic acid groups (broad SMARTS) is 1. The predicted molar refractivity (Wildman–Crippen MR) is 171 cm³/mol. The number of thiophene rings is 1. The molecule has 3 heterocycles. The summed E-state index contributed by atoms with van der Waals surface area (Å²) in [4.78, 5) is 44.4. The van der Waals surface area contributed by atoms with Crippen molar-refractivity contribution in [3.63, 3.8) is 0 Å². The maximum absolute atomic E-state index is 14.4. The molecule has 6 rings (SSSR count). The summed E-state index contributed by atoms with van der Waals surface area (Å²) in [6.07, 6.45) is 0.664. The minimum absolute atomic E-state index is 0.0821. The number of aromatic nitrogens is 1. The van der Waals surface area contributed by atoms with Crippen LogP contribution in [0.25, 0.3) is 21.6 Å². The molecule has 5 N–H and O–H groups in total. The van der Waals surface area contributed by atoms with Gasteiger partial charge >= 0.3 is 5.97 Å². The first kappa shape index (κ1) is 29.9. The molecular weight excluding hydrogens is 619 g/mol. The Morgan fingerprint density at radius 1 is 0.978 bits per heavy atom. The summed E-state index contributed by atoms with van der Waals surface area (Å²) in [5, 5.41) is 17.2. The number of nitrogens with two attached hydrogens (primary N) is 1. The molecule has 226 valence electrons. The van der Waals surface area contributed by atoms with Crippen LogP contribution in [-0.4, -0.2) is 34.5 Å². The van der Waals surface area contributed by atoms with Gasteiger partial charge in [-0.3, -0.25) is 9.59 Å². The Bertz CT molecular complexity index is 1980. The summed E-state index contributed by atoms with van der Waals surface area (Å²) < 4.78 is 20.5. The maximum Gasteiger partial charge on any atom is 0.355 e. The molecule has 2 aromatic heterocycles. The molecule has 45 heavy (non-hydrogen) atoms. The molecular formula is C33H24ClFN4O5S. The first-order valence-corrected chi connectivity index (χ1v) is 15.0. The molecule has 1 aliphatic rings. The molecule has 12 heteroatoms. The molecule has 2 amide bonds. The van der Waals surface area contributed by atoms with Crippen molar-refractivity contribution in [3.8, 4) is 27.3 Å². The molecule has 5 aromatic rings. The van der Waals surface area contributed by atoms with E-state index >= 15 is 0 Å². The highest BCUT2D eigenvalue weighted by molar-refractivity contribution is 7.13. The van der Waals surface area contributed by atoms with E-state index in [1.807, 2.05) is 11.4 Å². The highest BCUT2D eigenvalue weighted by atomic mass is 35.5. The summed E-state index contributed by atoms with van der Waals surface area (Å²) in [5.41, 5.74) is 8.43. The number of nitrogens with one attached hydrogen (secondary N) is 2. The van der Waals surface area contributed by atoms with Crippen molar-refractivity contribution < 1.29 is 28.6 Å². The molecule has 0 saturated heterocycles. The number of carbonyl (C=O) groups excluding carboxylic acids is 2. The lowest BCUT2D eigenvalue weighted by Gasteiger charge is -2.17. The molecule has 0 fully saturated rings. The van der Waals surface area contributed by atoms with Crippen LogP contribution in [0.4, 0.5) is 15.8 Å². The minimum Gasteiger partial charge on any atom is -0.493 e. The van der Waals surface area contributed by atoms with Gasteiger partial charge in [0, 0.05) is 45.8 Å². The van der Waals surface area contributed by atoms with Crippen molar-refractivity contribution in [1.29, 1.82) is 0 Å². The van der Waals surface area contributed by atoms with Gasteiger partial charge < -0.3 is 26.2 Å². The van der Waals surface area contributed by atoms with Gasteiger partial charge in [0.1, 0.15) is 11.4 Å². The number of carbonyl (C=O) groups is 3. The van der Waals surface area contributed by atoms with Gasteiger partial charge in [-0.15, -0.1) is 11.3 Å². The fourth-order valence-electron chi connectivity index (χ4n) is 5.00. The van der Waals surface area contributed by atoms with Crippen molar-refractivity contribution in [2.45, 2.75) is 13.0 Å². The standard InChI is InChI=1S/C33H24ClFN4O5S/c34-24-2-1-3-25(28(24)35)39-32(41)26-9-8-20(29(38-26)33(42)43)21-15-27-23(30-18(10-12-44-27)11-13-45-30)14-22(21)31(40)37-19-6-4-17(16-36)5-7-19/h1-9,11,13-15H,10,12,16,36H2,(H,37,40)(H,39,41)(H,42,43). The number of pyridine rings is 1. The Labute approximate surface area is 265 Å². The average molecular weight is 643 g/mol. The summed E-state index contributed by atoms with van der Waals surface area (Å²) in [5.74, 6) is -3.14. The van der Waals surface area contributed by atoms with Crippen LogP contribution < -0.4 is 21.1 Å². The van der Waals surface area contributed by atoms with Crippen LogP contribution >= 0.6 is 22.9 Å². The van der Waals surface area contributed by atoms with E-state index in [-0.39, 0.29) is 33.1 Å². The van der Waals surface area contributed by atoms with Crippen LogP contribution in [-0.2, 0) is 13.0 Å². The van der Waals surface area contributed by atoms with Crippen molar-refractivity contribution in [3.05, 3.63) is 117 Å². The SMILES string of the molecule is NCc1ccc(NC(=O)c2cc3c(cc2-c2ccc(C(=O)Nc4cccc(Cl)c4F)nc2C(=O)O)OCCc2ccsc2-3)cc1. The molecule has 9 nitrogen and oxygen atoms in total. The monoisotopic (exact) mass is 642 g/mol. The van der Waals surface area contributed by atoms with Gasteiger partial charge in [-0.1, -0.05) is 29.8 Å². The van der Waals surface area contributed by atoms with Crippen LogP contribution in [0.3, 0.4) is 0 Å². The molecule has 3 aromatic carbocycles. The maximum atomic E-state index is 14.4. The Hall–Kier alpha value is -5.10. The first-order chi connectivity index (χ1) is 21.7. The third kappa shape index (κ3) is 6.01. The molecule has 0 radical (unpaired) electrons. The zero-order valence-electron chi connectivity index (χ0n) is 23.4. The van der Waals surface area contributed by atoms with Crippen molar-refractivity contribution >= 4 is 52.1 Å². The Balaban J connectivity index is 1.45. The third-order valence-electron chi connectivity index (χ3n) is 7.25. The Morgan fingerprint density at radius 3 is 2.53 bits per heavy atom. The van der Waals surface area contributed by atoms with Crippen LogP contribution in [0, 0.1) is 5.82 Å². The summed E-state index contributed by atoms with van der Waals surface area (Å²) in [7, 11) is 0. The lowest BCUT2D eigenvalue weighted by Crippen LogP contribution is -2.18. The second-order valence-electron chi connectivity index (χ2n) is 10.1. The molecule has 0 bridgehead atoms. The van der Waals surface area contributed by atoms with E-state index in [0.29, 0.717) is 36.6 Å². The molecule has 0 spiro atoms. The molecule has 0 aliphatic carbocycles. The molecule has 0 atom stereocenters. The topological polar surface area (TPSA) is 144 Å². The van der Waals surface area contributed by atoms with Gasteiger partial charge in [-0.05, 0) is 71.1 Å². The summed E-state index contributed by atoms with van der Waals surface area (Å²) >= 11 is 7.34. The number of amides is 2. The summed E-state index contributed by atoms with van der Waals surface area (Å²) in [6, 6.07) is 19.2. The number of halogens is 2. The number of ether oxygens (including phenoxy) is 1. The number of carboxylic acids is 1. The van der Waals surface area contributed by atoms with Crippen LogP contribution in [0.5, 0.6) is 5.75 Å². The van der Waals surface area contributed by atoms with E-state index < -0.39 is 29.3 Å². The minimum atomic E-state index is -1.44. The Morgan fingerprint density at radius 2 is 1.78 bits per heavy atom. The number of nitrogens with zero attached hydrogens (tertiary/aromatic N) is 1. The number of rotatable bonds is 7. The van der Waals surface area contributed by atoms with Gasteiger partial charge in [0.05, 0.1) is 17.3 Å². The largest absolute Gasteiger partial charge is 0.493 e. The number of hydrogen-bond acceptors (Lipinski definition) is 7. The zero-order valence-corrected chi connectivity index (χ0v) is 25.0. The Kier molecular flexibility index (Phi) is 8.31. The van der Waals surface area contributed by atoms with E-state index in [2.05, 4.69) is 15.6 Å². The fraction of sp³-hybridized carbons (Fsp3) is 0.0909. The van der Waals surface area contributed by atoms with Crippen LogP contribution in [0.1, 0.15) is 42.5 Å². The molecule has 0 unspecified atom stereocenters. The number of anilines is 2. The smallest absolute Gasteiger partial charge is 0.355 e. The zero-order chi connectivity index (χ0) is 31.7. The molecule has 0 saturated carbocycles. The lowest BCUT2D eigenvalue weighted by atomic mass is 9.93. The number of benzene rings is 3. The van der Waals surface area contributed by atoms with Crippen LogP contribution in [0.2, 0.25) is 5.02 Å². The van der Waals surface area contributed by atoms with E-state index in [1.54, 1.807) is 36.4 Å². The van der Waals surface area contributed by atoms with E-state index in [0.717, 1.165) is 16.0 Å². The van der Waals surface area contributed by atoms with Gasteiger partial charge in [-0.25, -0.2) is 14.2 Å². The number of hydrogen-bond donors (Lipinski definition) is 4. The predicted octanol–water partition coefficient (Wildman–Crippen LogP) is 6.87. The number of fused-ring (bicyclic) bond motifs is 3. The van der Waals surface area contributed by atoms with Gasteiger partial charge in [0.25, 0.3) is 11.8 Å². The lowest BCUT2D eigenvalue weighted by molar-refractivity contribution is 0.0691. The second kappa shape index (κ2) is 12.5. The van der Waals surface area contributed by atoms with E-state index in [4.69, 9.17) is 22.1 Å². The first-order valence-electron chi connectivity index (χ1n) is 13.7. The summed E-state index contributed by atoms with van der Waals surface area (Å²) in [6.45, 7) is 0.734. The average Bonchev–Trinajstić information content (AvgIpc) is 3.44. The highest BCUT2D eigenvalue weighted by Crippen LogP contribution is 2.43. The van der Waals surface area contributed by atoms with Crippen molar-refractivity contribution in [2.75, 3.05) is 17.2 Å². The third-order valence-corrected chi connectivity index (χ3v) is 8.53. The quantitative estimate of drug-likeness (QED) is 0.152. The van der Waals surface area contributed by atoms with Gasteiger partial charge in [0.15, 0.2) is 11.5 Å². The normalized spacial score (nSPS) is 11.9. The van der Waals surface area contributed by atoms with Gasteiger partial charge in [0.2, 0.25) is 0 Å². The highest BCUT2D eigenvalue weighted by Gasteiger charge is 2.27. The molecule has 1 aliphatic heterocycles. The van der Waals surface area contributed by atoms with Gasteiger partial charge in [-0.2, -0.15) is 0 Å². The van der Waals surface area contributed by atoms with Crippen molar-refractivity contribution in [2.24, 2.45) is 5.73 Å². The van der Waals surface area contributed by atoms with E-state index in [1.165, 1.54) is 41.7 Å².